The van der Waals surface area contributed by atoms with Gasteiger partial charge in [-0.1, -0.05) is 25.5 Å². The first kappa shape index (κ1) is 21.9. The molecule has 2 unspecified atom stereocenters. The molecule has 2 atom stereocenters. The minimum atomic E-state index is -1.20. The molecule has 174 valence electrons. The van der Waals surface area contributed by atoms with Crippen LogP contribution in [0.2, 0.25) is 0 Å². The van der Waals surface area contributed by atoms with Crippen molar-refractivity contribution in [3.63, 3.8) is 0 Å². The Labute approximate surface area is 193 Å². The first-order valence-corrected chi connectivity index (χ1v) is 11.6. The van der Waals surface area contributed by atoms with Gasteiger partial charge in [0.1, 0.15) is 17.2 Å². The molecule has 2 aromatic carbocycles. The van der Waals surface area contributed by atoms with E-state index in [-0.39, 0.29) is 17.7 Å². The number of nitrogens with zero attached hydrogens (tertiary/aromatic N) is 2. The van der Waals surface area contributed by atoms with Crippen LogP contribution in [0.1, 0.15) is 49.3 Å². The highest BCUT2D eigenvalue weighted by Crippen LogP contribution is 2.52. The van der Waals surface area contributed by atoms with Crippen molar-refractivity contribution < 1.29 is 18.7 Å². The smallest absolute Gasteiger partial charge is 0.261 e. The zero-order valence-corrected chi connectivity index (χ0v) is 19.4. The first-order valence-electron chi connectivity index (χ1n) is 11.6. The van der Waals surface area contributed by atoms with Crippen molar-refractivity contribution in [1.82, 2.24) is 4.90 Å². The summed E-state index contributed by atoms with van der Waals surface area (Å²) in [6, 6.07) is 9.35. The third-order valence-corrected chi connectivity index (χ3v) is 7.09. The van der Waals surface area contributed by atoms with Crippen molar-refractivity contribution in [2.75, 3.05) is 20.3 Å². The molecule has 7 heteroatoms. The number of amides is 1. The summed E-state index contributed by atoms with van der Waals surface area (Å²) >= 11 is 0. The Morgan fingerprint density at radius 3 is 2.76 bits per heavy atom. The van der Waals surface area contributed by atoms with Crippen LogP contribution in [0.4, 0.5) is 4.39 Å². The molecule has 33 heavy (non-hydrogen) atoms. The van der Waals surface area contributed by atoms with Crippen molar-refractivity contribution in [2.45, 2.75) is 57.1 Å². The fourth-order valence-electron chi connectivity index (χ4n) is 5.46. The molecule has 1 amide bonds. The molecule has 0 radical (unpaired) electrons. The molecule has 3 heterocycles. The van der Waals surface area contributed by atoms with Gasteiger partial charge in [-0.25, -0.2) is 9.38 Å². The van der Waals surface area contributed by atoms with Crippen molar-refractivity contribution >= 4 is 11.9 Å². The summed E-state index contributed by atoms with van der Waals surface area (Å²) in [6.07, 6.45) is 3.82. The third kappa shape index (κ3) is 3.41. The summed E-state index contributed by atoms with van der Waals surface area (Å²) in [5, 5.41) is 0. The van der Waals surface area contributed by atoms with Gasteiger partial charge in [0.25, 0.3) is 5.91 Å². The van der Waals surface area contributed by atoms with E-state index in [1.54, 1.807) is 14.0 Å². The molecule has 2 spiro atoms. The Balaban J connectivity index is 1.68. The van der Waals surface area contributed by atoms with Crippen molar-refractivity contribution in [2.24, 2.45) is 10.7 Å². The van der Waals surface area contributed by atoms with E-state index in [9.17, 15) is 4.79 Å². The number of carbonyl (C=O) groups is 1. The van der Waals surface area contributed by atoms with Gasteiger partial charge in [-0.15, -0.1) is 0 Å². The van der Waals surface area contributed by atoms with Gasteiger partial charge in [0.2, 0.25) is 0 Å². The Hall–Kier alpha value is -2.93. The van der Waals surface area contributed by atoms with Crippen LogP contribution in [0.25, 0.3) is 11.1 Å². The van der Waals surface area contributed by atoms with Gasteiger partial charge in [-0.05, 0) is 61.1 Å². The zero-order chi connectivity index (χ0) is 23.4. The van der Waals surface area contributed by atoms with E-state index < -0.39 is 11.1 Å². The van der Waals surface area contributed by atoms with Gasteiger partial charge in [-0.3, -0.25) is 9.69 Å². The predicted octanol–water partition coefficient (Wildman–Crippen LogP) is 4.07. The highest BCUT2D eigenvalue weighted by molar-refractivity contribution is 6.07. The maximum Gasteiger partial charge on any atom is 0.261 e. The second-order valence-electron chi connectivity index (χ2n) is 9.55. The van der Waals surface area contributed by atoms with Crippen LogP contribution >= 0.6 is 0 Å². The largest absolute Gasteiger partial charge is 0.484 e. The summed E-state index contributed by atoms with van der Waals surface area (Å²) in [5.41, 5.74) is 7.83. The number of hydrogen-bond donors (Lipinski definition) is 1. The van der Waals surface area contributed by atoms with Crippen molar-refractivity contribution in [3.05, 3.63) is 52.8 Å². The second-order valence-corrected chi connectivity index (χ2v) is 9.55. The fraction of sp³-hybridized carbons (Fsp3) is 0.462. The molecule has 5 rings (SSSR count). The normalized spacial score (nSPS) is 26.5. The lowest BCUT2D eigenvalue weighted by molar-refractivity contribution is -0.139. The van der Waals surface area contributed by atoms with Crippen LogP contribution < -0.4 is 10.5 Å². The average Bonchev–Trinajstić information content (AvgIpc) is 3.00. The molecule has 2 N–H and O–H groups in total. The van der Waals surface area contributed by atoms with E-state index in [1.807, 2.05) is 30.3 Å². The number of ether oxygens (including phenoxy) is 2. The predicted molar refractivity (Wildman–Crippen MR) is 125 cm³/mol. The van der Waals surface area contributed by atoms with Gasteiger partial charge in [0.15, 0.2) is 11.5 Å². The topological polar surface area (TPSA) is 77.2 Å². The monoisotopic (exact) mass is 451 g/mol. The lowest BCUT2D eigenvalue weighted by Crippen LogP contribution is -2.55. The van der Waals surface area contributed by atoms with Crippen LogP contribution in [0, 0.1) is 12.7 Å². The highest BCUT2D eigenvalue weighted by atomic mass is 19.1. The van der Waals surface area contributed by atoms with E-state index in [1.165, 1.54) is 4.90 Å². The standard InChI is InChI=1S/C26H30FN3O3/c1-4-6-17-11-16(2)22(27)19(12-17)18-7-8-21-20(13-18)26(23(31)30(3)24(28)29-26)14-25(33-21)9-5-10-32-15-25/h7-8,11-13H,4-6,9-10,14-15H2,1-3H3,(H2,28,29). The van der Waals surface area contributed by atoms with Gasteiger partial charge >= 0.3 is 0 Å². The van der Waals surface area contributed by atoms with E-state index in [2.05, 4.69) is 6.92 Å². The van der Waals surface area contributed by atoms with Gasteiger partial charge in [0.05, 0.1) is 6.61 Å². The molecule has 0 bridgehead atoms. The molecular formula is C26H30FN3O3. The van der Waals surface area contributed by atoms with Gasteiger partial charge in [-0.2, -0.15) is 0 Å². The number of aliphatic imine (C=N–C) groups is 1. The Morgan fingerprint density at radius 2 is 2.09 bits per heavy atom. The minimum Gasteiger partial charge on any atom is -0.484 e. The molecule has 2 aromatic rings. The molecule has 3 aliphatic rings. The molecule has 0 aliphatic carbocycles. The number of aryl methyl sites for hydroxylation is 2. The molecule has 6 nitrogen and oxygen atoms in total. The number of rotatable bonds is 3. The summed E-state index contributed by atoms with van der Waals surface area (Å²) in [4.78, 5) is 19.6. The van der Waals surface area contributed by atoms with Gasteiger partial charge in [0, 0.05) is 31.2 Å². The van der Waals surface area contributed by atoms with Gasteiger partial charge < -0.3 is 15.2 Å². The molecule has 1 saturated heterocycles. The first-order chi connectivity index (χ1) is 15.8. The summed E-state index contributed by atoms with van der Waals surface area (Å²) < 4.78 is 27.4. The van der Waals surface area contributed by atoms with Crippen LogP contribution in [-0.4, -0.2) is 42.6 Å². The Bertz CT molecular complexity index is 1160. The molecule has 1 fully saturated rings. The van der Waals surface area contributed by atoms with E-state index in [4.69, 9.17) is 20.2 Å². The number of nitrogens with two attached hydrogens (primary N) is 1. The highest BCUT2D eigenvalue weighted by Gasteiger charge is 2.58. The molecule has 3 aliphatic heterocycles. The lowest BCUT2D eigenvalue weighted by atomic mass is 9.73. The number of fused-ring (bicyclic) bond motifs is 2. The van der Waals surface area contributed by atoms with Crippen LogP contribution in [0.15, 0.2) is 35.3 Å². The number of likely N-dealkylation sites (N-methyl/N-ethyl adjacent to an activating group) is 1. The summed E-state index contributed by atoms with van der Waals surface area (Å²) in [7, 11) is 1.64. The third-order valence-electron chi connectivity index (χ3n) is 7.09. The Kier molecular flexibility index (Phi) is 5.20. The second kappa shape index (κ2) is 7.83. The average molecular weight is 452 g/mol. The van der Waals surface area contributed by atoms with E-state index in [0.717, 1.165) is 31.2 Å². The van der Waals surface area contributed by atoms with Crippen molar-refractivity contribution in [1.29, 1.82) is 0 Å². The number of halogens is 1. The van der Waals surface area contributed by atoms with E-state index >= 15 is 4.39 Å². The number of carbonyl (C=O) groups excluding carboxylic acids is 1. The molecular weight excluding hydrogens is 421 g/mol. The zero-order valence-electron chi connectivity index (χ0n) is 19.4. The summed E-state index contributed by atoms with van der Waals surface area (Å²) in [6.45, 7) is 4.97. The van der Waals surface area contributed by atoms with Crippen LogP contribution in [0.5, 0.6) is 5.75 Å². The van der Waals surface area contributed by atoms with Crippen LogP contribution in [-0.2, 0) is 21.5 Å². The minimum absolute atomic E-state index is 0.178. The van der Waals surface area contributed by atoms with Crippen LogP contribution in [0.3, 0.4) is 0 Å². The lowest BCUT2D eigenvalue weighted by Gasteiger charge is -2.46. The number of hydrogen-bond acceptors (Lipinski definition) is 5. The number of guanidine groups is 1. The summed E-state index contributed by atoms with van der Waals surface area (Å²) in [5.74, 6) is 0.313. The van der Waals surface area contributed by atoms with Crippen molar-refractivity contribution in [3.8, 4) is 16.9 Å². The maximum atomic E-state index is 15.2. The quantitative estimate of drug-likeness (QED) is 0.763. The maximum absolute atomic E-state index is 15.2. The van der Waals surface area contributed by atoms with E-state index in [0.29, 0.717) is 47.6 Å². The number of benzene rings is 2. The molecule has 0 saturated carbocycles. The Morgan fingerprint density at radius 1 is 1.27 bits per heavy atom. The molecule has 0 aromatic heterocycles. The fourth-order valence-corrected chi connectivity index (χ4v) is 5.46. The SMILES string of the molecule is CCCc1cc(C)c(F)c(-c2ccc3c(c2)C2(CC4(CCCOC4)O3)N=C(N)N(C)C2=O)c1.